The Hall–Kier alpha value is -3.26. The molecule has 0 saturated carbocycles. The molecule has 3 aromatic carbocycles. The Bertz CT molecular complexity index is 1130. The van der Waals surface area contributed by atoms with Crippen molar-refractivity contribution in [2.75, 3.05) is 0 Å². The van der Waals surface area contributed by atoms with E-state index < -0.39 is 0 Å². The van der Waals surface area contributed by atoms with Gasteiger partial charge in [-0.25, -0.2) is 0 Å². The number of carbonyl (C=O) groups excluding carboxylic acids is 1. The molecule has 0 radical (unpaired) electrons. The van der Waals surface area contributed by atoms with Crippen LogP contribution in [0, 0.1) is 0 Å². The number of fused-ring (bicyclic) bond motifs is 4. The van der Waals surface area contributed by atoms with E-state index in [1.807, 2.05) is 42.6 Å². The van der Waals surface area contributed by atoms with Gasteiger partial charge in [-0.05, 0) is 39.9 Å². The van der Waals surface area contributed by atoms with Crippen molar-refractivity contribution in [1.82, 2.24) is 4.98 Å². The van der Waals surface area contributed by atoms with Gasteiger partial charge in [-0.15, -0.1) is 0 Å². The van der Waals surface area contributed by atoms with Gasteiger partial charge in [0.15, 0.2) is 0 Å². The highest BCUT2D eigenvalue weighted by molar-refractivity contribution is 5.97. The van der Waals surface area contributed by atoms with E-state index in [1.54, 1.807) is 0 Å². The molecule has 2 nitrogen and oxygen atoms in total. The maximum absolute atomic E-state index is 11.7. The molecule has 0 N–H and O–H groups in total. The lowest BCUT2D eigenvalue weighted by Gasteiger charge is -2.11. The zero-order chi connectivity index (χ0) is 16.8. The monoisotopic (exact) mass is 321 g/mol. The van der Waals surface area contributed by atoms with Crippen LogP contribution in [0.5, 0.6) is 0 Å². The van der Waals surface area contributed by atoms with Crippen molar-refractivity contribution in [3.05, 3.63) is 90.1 Å². The topological polar surface area (TPSA) is 30.0 Å². The fraction of sp³-hybridized carbons (Fsp3) is 0.0435. The number of hydrogen-bond acceptors (Lipinski definition) is 2. The molecular formula is C23H15NO. The number of para-hydroxylation sites is 1. The lowest BCUT2D eigenvalue weighted by molar-refractivity contribution is -0.108. The Kier molecular flexibility index (Phi) is 3.04. The molecule has 25 heavy (non-hydrogen) atoms. The number of pyridine rings is 1. The molecule has 1 aromatic heterocycles. The summed E-state index contributed by atoms with van der Waals surface area (Å²) in [6, 6.07) is 24.7. The molecule has 5 rings (SSSR count). The van der Waals surface area contributed by atoms with Crippen molar-refractivity contribution in [3.63, 3.8) is 0 Å². The van der Waals surface area contributed by atoms with E-state index in [0.717, 1.165) is 50.6 Å². The highest BCUT2D eigenvalue weighted by Gasteiger charge is 2.30. The smallest absolute Gasteiger partial charge is 0.131 e. The summed E-state index contributed by atoms with van der Waals surface area (Å²) in [4.78, 5) is 16.4. The molecule has 1 heterocycles. The molecule has 4 aromatic rings. The van der Waals surface area contributed by atoms with Gasteiger partial charge in [-0.2, -0.15) is 0 Å². The summed E-state index contributed by atoms with van der Waals surface area (Å²) in [6.45, 7) is 0. The Balaban J connectivity index is 1.80. The summed E-state index contributed by atoms with van der Waals surface area (Å²) in [5.41, 5.74) is 7.69. The number of aromatic nitrogens is 1. The SMILES string of the molecule is O=CC1c2ccccc2-c2c(-c3cnc4ccccc4c3)cccc21. The first kappa shape index (κ1) is 14.1. The average Bonchev–Trinajstić information content (AvgIpc) is 3.01. The molecule has 0 saturated heterocycles. The zero-order valence-corrected chi connectivity index (χ0v) is 13.5. The Morgan fingerprint density at radius 1 is 0.800 bits per heavy atom. The number of hydrogen-bond donors (Lipinski definition) is 0. The van der Waals surface area contributed by atoms with E-state index in [4.69, 9.17) is 0 Å². The van der Waals surface area contributed by atoms with E-state index in [-0.39, 0.29) is 5.92 Å². The molecule has 1 aliphatic rings. The third-order valence-electron chi connectivity index (χ3n) is 5.03. The van der Waals surface area contributed by atoms with Crippen LogP contribution in [0.25, 0.3) is 33.2 Å². The highest BCUT2D eigenvalue weighted by Crippen LogP contribution is 2.48. The van der Waals surface area contributed by atoms with Gasteiger partial charge in [-0.1, -0.05) is 60.7 Å². The predicted octanol–water partition coefficient (Wildman–Crippen LogP) is 5.21. The molecule has 1 atom stereocenters. The van der Waals surface area contributed by atoms with Crippen molar-refractivity contribution in [1.29, 1.82) is 0 Å². The van der Waals surface area contributed by atoms with Crippen molar-refractivity contribution in [3.8, 4) is 22.3 Å². The van der Waals surface area contributed by atoms with Crippen molar-refractivity contribution in [2.24, 2.45) is 0 Å². The summed E-state index contributed by atoms with van der Waals surface area (Å²) in [6.07, 6.45) is 2.97. The maximum atomic E-state index is 11.7. The van der Waals surface area contributed by atoms with Crippen LogP contribution in [0.15, 0.2) is 79.0 Å². The second kappa shape index (κ2) is 5.38. The fourth-order valence-electron chi connectivity index (χ4n) is 3.90. The minimum atomic E-state index is -0.181. The third-order valence-corrected chi connectivity index (χ3v) is 5.03. The molecule has 118 valence electrons. The summed E-state index contributed by atoms with van der Waals surface area (Å²) in [7, 11) is 0. The van der Waals surface area contributed by atoms with Crippen molar-refractivity contribution >= 4 is 17.2 Å². The number of aldehydes is 1. The van der Waals surface area contributed by atoms with E-state index in [2.05, 4.69) is 41.4 Å². The van der Waals surface area contributed by atoms with Gasteiger partial charge in [0.2, 0.25) is 0 Å². The van der Waals surface area contributed by atoms with Gasteiger partial charge < -0.3 is 4.79 Å². The molecule has 2 heteroatoms. The first-order chi connectivity index (χ1) is 12.4. The van der Waals surface area contributed by atoms with E-state index >= 15 is 0 Å². The van der Waals surface area contributed by atoms with Crippen LogP contribution >= 0.6 is 0 Å². The van der Waals surface area contributed by atoms with E-state index in [0.29, 0.717) is 0 Å². The second-order valence-corrected chi connectivity index (χ2v) is 6.39. The van der Waals surface area contributed by atoms with Gasteiger partial charge in [0, 0.05) is 17.1 Å². The molecule has 0 spiro atoms. The van der Waals surface area contributed by atoms with Gasteiger partial charge in [0.25, 0.3) is 0 Å². The fourth-order valence-corrected chi connectivity index (χ4v) is 3.90. The number of rotatable bonds is 2. The van der Waals surface area contributed by atoms with Crippen LogP contribution < -0.4 is 0 Å². The Labute approximate surface area is 145 Å². The lowest BCUT2D eigenvalue weighted by atomic mass is 9.93. The minimum absolute atomic E-state index is 0.181. The first-order valence-corrected chi connectivity index (χ1v) is 8.39. The molecule has 1 aliphatic carbocycles. The zero-order valence-electron chi connectivity index (χ0n) is 13.5. The second-order valence-electron chi connectivity index (χ2n) is 6.39. The van der Waals surface area contributed by atoms with Crippen LogP contribution in [-0.4, -0.2) is 11.3 Å². The summed E-state index contributed by atoms with van der Waals surface area (Å²) >= 11 is 0. The quantitative estimate of drug-likeness (QED) is 0.474. The average molecular weight is 321 g/mol. The third kappa shape index (κ3) is 2.04. The van der Waals surface area contributed by atoms with E-state index in [9.17, 15) is 4.79 Å². The summed E-state index contributed by atoms with van der Waals surface area (Å²) < 4.78 is 0. The van der Waals surface area contributed by atoms with Crippen LogP contribution in [0.3, 0.4) is 0 Å². The summed E-state index contributed by atoms with van der Waals surface area (Å²) in [5.74, 6) is -0.181. The van der Waals surface area contributed by atoms with Crippen LogP contribution in [0.2, 0.25) is 0 Å². The standard InChI is InChI=1S/C23H15NO/c25-14-21-18-7-2-3-8-19(18)23-17(9-5-10-20(21)23)16-12-15-6-1-4-11-22(15)24-13-16/h1-14,21H. The van der Waals surface area contributed by atoms with Gasteiger partial charge in [0.1, 0.15) is 6.29 Å². The lowest BCUT2D eigenvalue weighted by Crippen LogP contribution is -1.97. The maximum Gasteiger partial charge on any atom is 0.131 e. The molecule has 1 unspecified atom stereocenters. The molecular weight excluding hydrogens is 306 g/mol. The van der Waals surface area contributed by atoms with E-state index in [1.165, 1.54) is 0 Å². The Morgan fingerprint density at radius 2 is 1.56 bits per heavy atom. The number of carbonyl (C=O) groups is 1. The molecule has 0 bridgehead atoms. The molecule has 0 aliphatic heterocycles. The van der Waals surface area contributed by atoms with Crippen LogP contribution in [0.4, 0.5) is 0 Å². The number of benzene rings is 3. The highest BCUT2D eigenvalue weighted by atomic mass is 16.1. The van der Waals surface area contributed by atoms with Crippen molar-refractivity contribution in [2.45, 2.75) is 5.92 Å². The Morgan fingerprint density at radius 3 is 2.48 bits per heavy atom. The minimum Gasteiger partial charge on any atom is -0.302 e. The first-order valence-electron chi connectivity index (χ1n) is 8.39. The predicted molar refractivity (Wildman–Crippen MR) is 101 cm³/mol. The van der Waals surface area contributed by atoms with Crippen LogP contribution in [0.1, 0.15) is 17.0 Å². The summed E-state index contributed by atoms with van der Waals surface area (Å²) in [5, 5.41) is 1.12. The van der Waals surface area contributed by atoms with Gasteiger partial charge in [-0.3, -0.25) is 4.98 Å². The van der Waals surface area contributed by atoms with Crippen molar-refractivity contribution < 1.29 is 4.79 Å². The largest absolute Gasteiger partial charge is 0.302 e. The molecule has 0 amide bonds. The van der Waals surface area contributed by atoms with Gasteiger partial charge >= 0.3 is 0 Å². The van der Waals surface area contributed by atoms with Crippen LogP contribution in [-0.2, 0) is 4.79 Å². The molecule has 0 fully saturated rings. The number of nitrogens with zero attached hydrogens (tertiary/aromatic N) is 1. The van der Waals surface area contributed by atoms with Gasteiger partial charge in [0.05, 0.1) is 11.4 Å². The normalized spacial score (nSPS) is 15.0.